The van der Waals surface area contributed by atoms with Gasteiger partial charge < -0.3 is 20.1 Å². The average Bonchev–Trinajstić information content (AvgIpc) is 2.93. The van der Waals surface area contributed by atoms with Crippen LogP contribution >= 0.6 is 0 Å². The van der Waals surface area contributed by atoms with Crippen LogP contribution in [0.5, 0.6) is 0 Å². The number of allylic oxidation sites excluding steroid dienone is 1. The van der Waals surface area contributed by atoms with E-state index in [1.54, 1.807) is 6.92 Å². The lowest BCUT2D eigenvalue weighted by atomic mass is 9.69. The molecule has 164 valence electrons. The molecule has 7 heteroatoms. The van der Waals surface area contributed by atoms with E-state index >= 15 is 0 Å². The highest BCUT2D eigenvalue weighted by atomic mass is 16.5. The van der Waals surface area contributed by atoms with Gasteiger partial charge in [-0.2, -0.15) is 0 Å². The minimum absolute atomic E-state index is 0.0366. The zero-order chi connectivity index (χ0) is 21.9. The molecule has 0 unspecified atom stereocenters. The van der Waals surface area contributed by atoms with E-state index in [1.807, 2.05) is 46.8 Å². The van der Waals surface area contributed by atoms with Gasteiger partial charge in [0, 0.05) is 12.0 Å². The second kappa shape index (κ2) is 9.74. The molecule has 0 saturated carbocycles. The molecule has 0 aromatic carbocycles. The van der Waals surface area contributed by atoms with Gasteiger partial charge in [-0.25, -0.2) is 0 Å². The molecular formula is C22H36N2O5. The number of carbonyl (C=O) groups excluding carboxylic acids is 3. The molecule has 0 radical (unpaired) electrons. The van der Waals surface area contributed by atoms with Crippen molar-refractivity contribution in [1.82, 2.24) is 10.2 Å². The highest BCUT2D eigenvalue weighted by Gasteiger charge is 2.59. The summed E-state index contributed by atoms with van der Waals surface area (Å²) in [4.78, 5) is 41.1. The van der Waals surface area contributed by atoms with Crippen LogP contribution in [0.4, 0.5) is 0 Å². The Morgan fingerprint density at radius 3 is 2.34 bits per heavy atom. The quantitative estimate of drug-likeness (QED) is 0.471. The Hall–Kier alpha value is -1.89. The van der Waals surface area contributed by atoms with Gasteiger partial charge in [0.2, 0.25) is 11.8 Å². The minimum Gasteiger partial charge on any atom is -0.466 e. The lowest BCUT2D eigenvalue weighted by Gasteiger charge is -2.35. The summed E-state index contributed by atoms with van der Waals surface area (Å²) >= 11 is 0. The number of ether oxygens (including phenoxy) is 1. The molecule has 0 aromatic heterocycles. The summed E-state index contributed by atoms with van der Waals surface area (Å²) in [6.07, 6.45) is 4.58. The van der Waals surface area contributed by atoms with E-state index < -0.39 is 29.8 Å². The van der Waals surface area contributed by atoms with Crippen LogP contribution in [0.1, 0.15) is 48.0 Å². The second-order valence-corrected chi connectivity index (χ2v) is 8.69. The van der Waals surface area contributed by atoms with Crippen molar-refractivity contribution in [2.24, 2.45) is 29.6 Å². The third-order valence-electron chi connectivity index (χ3n) is 6.09. The first-order chi connectivity index (χ1) is 13.7. The molecule has 1 fully saturated rings. The molecule has 2 N–H and O–H groups in total. The normalized spacial score (nSPS) is 29.9. The molecule has 2 amide bonds. The van der Waals surface area contributed by atoms with Crippen molar-refractivity contribution in [1.29, 1.82) is 0 Å². The number of amides is 2. The molecular weight excluding hydrogens is 372 g/mol. The Balaban J connectivity index is 2.55. The molecule has 7 nitrogen and oxygen atoms in total. The summed E-state index contributed by atoms with van der Waals surface area (Å²) in [7, 11) is 0. The van der Waals surface area contributed by atoms with Gasteiger partial charge in [-0.05, 0) is 39.0 Å². The fraction of sp³-hybridized carbons (Fsp3) is 0.773. The third-order valence-corrected chi connectivity index (χ3v) is 6.09. The Labute approximate surface area is 173 Å². The van der Waals surface area contributed by atoms with Gasteiger partial charge in [-0.3, -0.25) is 14.4 Å². The molecule has 0 aromatic rings. The maximum Gasteiger partial charge on any atom is 0.310 e. The smallest absolute Gasteiger partial charge is 0.310 e. The van der Waals surface area contributed by atoms with Gasteiger partial charge in [0.05, 0.1) is 31.1 Å². The maximum atomic E-state index is 13.6. The van der Waals surface area contributed by atoms with Gasteiger partial charge in [0.25, 0.3) is 0 Å². The fourth-order valence-corrected chi connectivity index (χ4v) is 4.74. The first kappa shape index (κ1) is 23.4. The monoisotopic (exact) mass is 408 g/mol. The topological polar surface area (TPSA) is 95.9 Å². The summed E-state index contributed by atoms with van der Waals surface area (Å²) in [5.41, 5.74) is 0. The SMILES string of the molecule is CCOC(=O)[C@H]1[C@H]2C(=O)N([C@@H](CO)C(C)C)[C@H](C(=O)NC(C)C)[C@H]2C=C[C@H]1CC. The highest BCUT2D eigenvalue weighted by molar-refractivity contribution is 5.96. The number of carbonyl (C=O) groups is 3. The van der Waals surface area contributed by atoms with Gasteiger partial charge in [-0.1, -0.05) is 32.9 Å². The zero-order valence-corrected chi connectivity index (χ0v) is 18.4. The largest absolute Gasteiger partial charge is 0.466 e. The van der Waals surface area contributed by atoms with Crippen molar-refractivity contribution in [3.05, 3.63) is 12.2 Å². The van der Waals surface area contributed by atoms with Crippen LogP contribution in [-0.2, 0) is 19.1 Å². The first-order valence-corrected chi connectivity index (χ1v) is 10.8. The van der Waals surface area contributed by atoms with E-state index in [9.17, 15) is 19.5 Å². The van der Waals surface area contributed by atoms with Crippen molar-refractivity contribution < 1.29 is 24.2 Å². The van der Waals surface area contributed by atoms with E-state index in [2.05, 4.69) is 5.32 Å². The van der Waals surface area contributed by atoms with Crippen LogP contribution in [0.2, 0.25) is 0 Å². The summed E-state index contributed by atoms with van der Waals surface area (Å²) in [6.45, 7) is 11.3. The molecule has 29 heavy (non-hydrogen) atoms. The number of aliphatic hydroxyl groups is 1. The van der Waals surface area contributed by atoms with E-state index in [0.717, 1.165) is 0 Å². The number of esters is 1. The van der Waals surface area contributed by atoms with E-state index in [0.29, 0.717) is 6.42 Å². The molecule has 1 saturated heterocycles. The van der Waals surface area contributed by atoms with Gasteiger partial charge in [-0.15, -0.1) is 0 Å². The van der Waals surface area contributed by atoms with E-state index in [1.165, 1.54) is 4.90 Å². The Morgan fingerprint density at radius 2 is 1.86 bits per heavy atom. The third kappa shape index (κ3) is 4.49. The lowest BCUT2D eigenvalue weighted by molar-refractivity contribution is -0.156. The van der Waals surface area contributed by atoms with Crippen LogP contribution in [-0.4, -0.2) is 59.1 Å². The van der Waals surface area contributed by atoms with Crippen LogP contribution in [0, 0.1) is 29.6 Å². The molecule has 1 aliphatic heterocycles. The number of rotatable bonds is 8. The first-order valence-electron chi connectivity index (χ1n) is 10.8. The van der Waals surface area contributed by atoms with Crippen LogP contribution in [0.3, 0.4) is 0 Å². The molecule has 1 heterocycles. The maximum absolute atomic E-state index is 13.6. The van der Waals surface area contributed by atoms with Crippen LogP contribution < -0.4 is 5.32 Å². The lowest BCUT2D eigenvalue weighted by Crippen LogP contribution is -2.54. The summed E-state index contributed by atoms with van der Waals surface area (Å²) in [6, 6.07) is -1.32. The zero-order valence-electron chi connectivity index (χ0n) is 18.4. The summed E-state index contributed by atoms with van der Waals surface area (Å²) in [5, 5.41) is 12.9. The second-order valence-electron chi connectivity index (χ2n) is 8.69. The predicted octanol–water partition coefficient (Wildman–Crippen LogP) is 1.75. The van der Waals surface area contributed by atoms with Crippen molar-refractivity contribution in [2.75, 3.05) is 13.2 Å². The highest BCUT2D eigenvalue weighted by Crippen LogP contribution is 2.46. The summed E-state index contributed by atoms with van der Waals surface area (Å²) in [5.74, 6) is -2.72. The number of aliphatic hydroxyl groups excluding tert-OH is 1. The fourth-order valence-electron chi connectivity index (χ4n) is 4.74. The number of fused-ring (bicyclic) bond motifs is 1. The number of nitrogens with one attached hydrogen (secondary N) is 1. The number of likely N-dealkylation sites (tertiary alicyclic amines) is 1. The van der Waals surface area contributed by atoms with Crippen molar-refractivity contribution in [3.8, 4) is 0 Å². The molecule has 6 atom stereocenters. The number of hydrogen-bond acceptors (Lipinski definition) is 5. The van der Waals surface area contributed by atoms with Gasteiger partial charge in [0.15, 0.2) is 0 Å². The standard InChI is InChI=1S/C22H36N2O5/c1-7-14-9-10-15-18(17(14)22(28)29-8-2)21(27)24(16(11-25)12(3)4)19(15)20(26)23-13(5)6/h9-10,12-19,25H,7-8,11H2,1-6H3,(H,23,26)/t14-,15+,16+,17-,18+,19+/m1/s1. The van der Waals surface area contributed by atoms with Crippen molar-refractivity contribution >= 4 is 17.8 Å². The van der Waals surface area contributed by atoms with Crippen molar-refractivity contribution in [3.63, 3.8) is 0 Å². The minimum atomic E-state index is -0.750. The molecule has 1 aliphatic carbocycles. The predicted molar refractivity (Wildman–Crippen MR) is 110 cm³/mol. The Kier molecular flexibility index (Phi) is 7.86. The van der Waals surface area contributed by atoms with Gasteiger partial charge >= 0.3 is 5.97 Å². The molecule has 2 rings (SSSR count). The van der Waals surface area contributed by atoms with E-state index in [-0.39, 0.29) is 48.9 Å². The molecule has 2 aliphatic rings. The Morgan fingerprint density at radius 1 is 1.21 bits per heavy atom. The van der Waals surface area contributed by atoms with E-state index in [4.69, 9.17) is 4.74 Å². The number of hydrogen-bond donors (Lipinski definition) is 2. The Bertz CT molecular complexity index is 645. The molecule has 0 spiro atoms. The average molecular weight is 409 g/mol. The van der Waals surface area contributed by atoms with Crippen LogP contribution in [0.25, 0.3) is 0 Å². The van der Waals surface area contributed by atoms with Crippen molar-refractivity contribution in [2.45, 2.75) is 66.1 Å². The van der Waals surface area contributed by atoms with Gasteiger partial charge in [0.1, 0.15) is 6.04 Å². The van der Waals surface area contributed by atoms with Crippen LogP contribution in [0.15, 0.2) is 12.2 Å². The number of nitrogens with zero attached hydrogens (tertiary/aromatic N) is 1. The summed E-state index contributed by atoms with van der Waals surface area (Å²) < 4.78 is 5.31. The molecule has 0 bridgehead atoms.